The number of benzene rings is 2. The molecule has 140 valence electrons. The lowest BCUT2D eigenvalue weighted by Crippen LogP contribution is -2.44. The van der Waals surface area contributed by atoms with Crippen LogP contribution in [0, 0.1) is 17.6 Å². The van der Waals surface area contributed by atoms with Gasteiger partial charge in [-0.05, 0) is 48.4 Å². The lowest BCUT2D eigenvalue weighted by molar-refractivity contribution is -0.0482. The van der Waals surface area contributed by atoms with Crippen molar-refractivity contribution in [2.24, 2.45) is 5.92 Å². The van der Waals surface area contributed by atoms with Crippen molar-refractivity contribution in [3.8, 4) is 0 Å². The van der Waals surface area contributed by atoms with Crippen LogP contribution >= 0.6 is 0 Å². The van der Waals surface area contributed by atoms with Crippen LogP contribution in [0.1, 0.15) is 36.8 Å². The molecule has 3 rings (SSSR count). The first-order valence-corrected chi connectivity index (χ1v) is 9.31. The van der Waals surface area contributed by atoms with E-state index in [-0.39, 0.29) is 17.9 Å². The fraction of sp³-hybridized carbons (Fsp3) is 0.455. The highest BCUT2D eigenvalue weighted by atomic mass is 19.2. The first-order chi connectivity index (χ1) is 12.4. The van der Waals surface area contributed by atoms with Gasteiger partial charge in [0.2, 0.25) is 0 Å². The summed E-state index contributed by atoms with van der Waals surface area (Å²) in [5, 5.41) is 11.4. The summed E-state index contributed by atoms with van der Waals surface area (Å²) in [5.74, 6) is -1.66. The Balaban J connectivity index is 1.87. The number of aliphatic hydroxyl groups is 1. The van der Waals surface area contributed by atoms with Gasteiger partial charge in [-0.3, -0.25) is 0 Å². The Hall–Kier alpha value is -1.94. The summed E-state index contributed by atoms with van der Waals surface area (Å²) < 4.78 is 27.7. The molecule has 2 atom stereocenters. The number of rotatable bonds is 5. The average Bonchev–Trinajstić information content (AvgIpc) is 2.61. The highest BCUT2D eigenvalue weighted by molar-refractivity contribution is 5.52. The zero-order valence-corrected chi connectivity index (χ0v) is 15.5. The lowest BCUT2D eigenvalue weighted by Gasteiger charge is -2.41. The molecular weight excluding hydrogens is 332 g/mol. The van der Waals surface area contributed by atoms with Crippen LogP contribution in [0.4, 0.5) is 14.5 Å². The van der Waals surface area contributed by atoms with E-state index >= 15 is 0 Å². The summed E-state index contributed by atoms with van der Waals surface area (Å²) >= 11 is 0. The minimum absolute atomic E-state index is 0.0278. The number of hydrogen-bond acceptors (Lipinski definition) is 2. The molecule has 0 amide bonds. The number of para-hydroxylation sites is 1. The second kappa shape index (κ2) is 7.75. The van der Waals surface area contributed by atoms with Crippen LogP contribution in [0.25, 0.3) is 0 Å². The Bertz CT molecular complexity index is 762. The molecule has 1 fully saturated rings. The first-order valence-electron chi connectivity index (χ1n) is 9.31. The molecule has 1 saturated carbocycles. The topological polar surface area (TPSA) is 23.5 Å². The molecule has 0 heterocycles. The van der Waals surface area contributed by atoms with E-state index in [2.05, 4.69) is 17.0 Å². The molecular formula is C22H27F2NO. The highest BCUT2D eigenvalue weighted by Crippen LogP contribution is 2.40. The van der Waals surface area contributed by atoms with E-state index in [0.717, 1.165) is 37.4 Å². The number of nitrogens with zero attached hydrogens (tertiary/aromatic N) is 1. The second-order valence-electron chi connectivity index (χ2n) is 7.66. The fourth-order valence-corrected chi connectivity index (χ4v) is 4.22. The monoisotopic (exact) mass is 359 g/mol. The second-order valence-corrected chi connectivity index (χ2v) is 7.66. The van der Waals surface area contributed by atoms with E-state index in [4.69, 9.17) is 0 Å². The highest BCUT2D eigenvalue weighted by Gasteiger charge is 2.39. The predicted octanol–water partition coefficient (Wildman–Crippen LogP) is 4.74. The van der Waals surface area contributed by atoms with Gasteiger partial charge in [-0.15, -0.1) is 0 Å². The molecule has 0 aromatic heterocycles. The largest absolute Gasteiger partial charge is 0.389 e. The van der Waals surface area contributed by atoms with Crippen LogP contribution in [0.2, 0.25) is 0 Å². The van der Waals surface area contributed by atoms with E-state index in [1.165, 1.54) is 11.6 Å². The lowest BCUT2D eigenvalue weighted by atomic mass is 9.70. The Morgan fingerprint density at radius 2 is 1.77 bits per heavy atom. The van der Waals surface area contributed by atoms with Gasteiger partial charge >= 0.3 is 0 Å². The van der Waals surface area contributed by atoms with Gasteiger partial charge in [-0.25, -0.2) is 8.78 Å². The van der Waals surface area contributed by atoms with Gasteiger partial charge in [0.05, 0.1) is 5.60 Å². The Morgan fingerprint density at radius 3 is 2.54 bits per heavy atom. The third-order valence-corrected chi connectivity index (χ3v) is 5.64. The van der Waals surface area contributed by atoms with Crippen molar-refractivity contribution in [3.05, 3.63) is 65.2 Å². The molecule has 0 aliphatic heterocycles. The van der Waals surface area contributed by atoms with Crippen molar-refractivity contribution >= 4 is 5.69 Å². The number of hydrogen-bond donors (Lipinski definition) is 1. The Kier molecular flexibility index (Phi) is 5.61. The fourth-order valence-electron chi connectivity index (χ4n) is 4.22. The first kappa shape index (κ1) is 18.8. The van der Waals surface area contributed by atoms with Gasteiger partial charge in [0.25, 0.3) is 0 Å². The molecule has 0 bridgehead atoms. The zero-order chi connectivity index (χ0) is 18.7. The smallest absolute Gasteiger partial charge is 0.162 e. The van der Waals surface area contributed by atoms with Crippen molar-refractivity contribution < 1.29 is 13.9 Å². The third kappa shape index (κ3) is 3.90. The van der Waals surface area contributed by atoms with Gasteiger partial charge in [-0.2, -0.15) is 0 Å². The molecule has 0 saturated heterocycles. The van der Waals surface area contributed by atoms with Gasteiger partial charge in [0.1, 0.15) is 0 Å². The molecule has 1 aliphatic rings. The van der Waals surface area contributed by atoms with Crippen LogP contribution in [0.5, 0.6) is 0 Å². The SMILES string of the molecule is CN(C)c1ccccc1CC1CCCCC1(O)Cc1cccc(F)c1F. The van der Waals surface area contributed by atoms with Crippen molar-refractivity contribution in [1.29, 1.82) is 0 Å². The van der Waals surface area contributed by atoms with Gasteiger partial charge < -0.3 is 10.0 Å². The maximum atomic E-state index is 14.2. The van der Waals surface area contributed by atoms with E-state index < -0.39 is 17.2 Å². The van der Waals surface area contributed by atoms with Crippen LogP contribution in [-0.4, -0.2) is 24.8 Å². The standard InChI is InChI=1S/C22H27F2NO/c1-25(2)20-12-4-3-8-16(20)14-18-10-5-6-13-22(18,26)15-17-9-7-11-19(23)21(17)24/h3-4,7-9,11-12,18,26H,5-6,10,13-15H2,1-2H3. The Morgan fingerprint density at radius 1 is 1.04 bits per heavy atom. The van der Waals surface area contributed by atoms with E-state index in [9.17, 15) is 13.9 Å². The molecule has 2 nitrogen and oxygen atoms in total. The quantitative estimate of drug-likeness (QED) is 0.834. The minimum Gasteiger partial charge on any atom is -0.389 e. The average molecular weight is 359 g/mol. The number of halogens is 2. The van der Waals surface area contributed by atoms with Crippen molar-refractivity contribution in [2.45, 2.75) is 44.1 Å². The minimum atomic E-state index is -1.01. The number of anilines is 1. The maximum absolute atomic E-state index is 14.2. The summed E-state index contributed by atoms with van der Waals surface area (Å²) in [4.78, 5) is 2.07. The van der Waals surface area contributed by atoms with E-state index in [1.54, 1.807) is 6.07 Å². The molecule has 2 aromatic rings. The molecule has 0 radical (unpaired) electrons. The van der Waals surface area contributed by atoms with Crippen LogP contribution in [0.3, 0.4) is 0 Å². The maximum Gasteiger partial charge on any atom is 0.162 e. The summed E-state index contributed by atoms with van der Waals surface area (Å²) in [6, 6.07) is 12.4. The third-order valence-electron chi connectivity index (χ3n) is 5.64. The van der Waals surface area contributed by atoms with E-state index in [1.807, 2.05) is 26.2 Å². The predicted molar refractivity (Wildman–Crippen MR) is 101 cm³/mol. The zero-order valence-electron chi connectivity index (χ0n) is 15.5. The van der Waals surface area contributed by atoms with Crippen LogP contribution in [-0.2, 0) is 12.8 Å². The Labute approximate surface area is 154 Å². The molecule has 1 N–H and O–H groups in total. The van der Waals surface area contributed by atoms with Gasteiger partial charge in [-0.1, -0.05) is 43.2 Å². The molecule has 1 aliphatic carbocycles. The summed E-state index contributed by atoms with van der Waals surface area (Å²) in [6.07, 6.45) is 4.39. The molecule has 2 unspecified atom stereocenters. The molecule has 0 spiro atoms. The molecule has 26 heavy (non-hydrogen) atoms. The van der Waals surface area contributed by atoms with Gasteiger partial charge in [0, 0.05) is 26.2 Å². The molecule has 2 aromatic carbocycles. The van der Waals surface area contributed by atoms with Crippen LogP contribution < -0.4 is 4.90 Å². The van der Waals surface area contributed by atoms with Gasteiger partial charge in [0.15, 0.2) is 11.6 Å². The summed E-state index contributed by atoms with van der Waals surface area (Å²) in [6.45, 7) is 0. The van der Waals surface area contributed by atoms with E-state index in [0.29, 0.717) is 6.42 Å². The summed E-state index contributed by atoms with van der Waals surface area (Å²) in [5.41, 5.74) is 1.58. The van der Waals surface area contributed by atoms with Crippen molar-refractivity contribution in [2.75, 3.05) is 19.0 Å². The van der Waals surface area contributed by atoms with Crippen molar-refractivity contribution in [3.63, 3.8) is 0 Å². The molecule has 4 heteroatoms. The summed E-state index contributed by atoms with van der Waals surface area (Å²) in [7, 11) is 4.02. The van der Waals surface area contributed by atoms with Crippen LogP contribution in [0.15, 0.2) is 42.5 Å². The normalized spacial score (nSPS) is 23.0. The van der Waals surface area contributed by atoms with Crippen molar-refractivity contribution in [1.82, 2.24) is 0 Å².